The Kier molecular flexibility index (Phi) is 3.51. The molecule has 0 aliphatic carbocycles. The zero-order valence-corrected chi connectivity index (χ0v) is 8.07. The molecule has 2 N–H and O–H groups in total. The van der Waals surface area contributed by atoms with Crippen LogP contribution in [0.15, 0.2) is 12.1 Å². The molecule has 2 nitrogen and oxygen atoms in total. The molecule has 0 bridgehead atoms. The molecule has 1 aromatic carbocycles. The average Bonchev–Trinajstić information content (AvgIpc) is 2.12. The van der Waals surface area contributed by atoms with Gasteiger partial charge in [0.25, 0.3) is 0 Å². The van der Waals surface area contributed by atoms with Crippen molar-refractivity contribution >= 4 is 17.3 Å². The third kappa shape index (κ3) is 2.32. The Labute approximate surface area is 81.4 Å². The van der Waals surface area contributed by atoms with Crippen LogP contribution in [0.25, 0.3) is 0 Å². The van der Waals surface area contributed by atoms with E-state index in [-0.39, 0.29) is 12.3 Å². The standard InChI is InChI=1S/C9H11ClFNO/c1-2-13-5-6-7(10)3-4-8(12)9(6)11/h3-4H,2,5,12H2,1H3. The van der Waals surface area contributed by atoms with Crippen molar-refractivity contribution in [1.29, 1.82) is 0 Å². The molecule has 1 aromatic rings. The number of hydrogen-bond donors (Lipinski definition) is 1. The maximum absolute atomic E-state index is 13.3. The normalized spacial score (nSPS) is 10.4. The van der Waals surface area contributed by atoms with E-state index >= 15 is 0 Å². The van der Waals surface area contributed by atoms with Gasteiger partial charge in [-0.15, -0.1) is 0 Å². The van der Waals surface area contributed by atoms with Crippen molar-refractivity contribution in [2.75, 3.05) is 12.3 Å². The Morgan fingerprint density at radius 1 is 1.54 bits per heavy atom. The van der Waals surface area contributed by atoms with Crippen LogP contribution < -0.4 is 5.73 Å². The fourth-order valence-corrected chi connectivity index (χ4v) is 1.15. The van der Waals surface area contributed by atoms with Crippen molar-refractivity contribution in [3.05, 3.63) is 28.5 Å². The summed E-state index contributed by atoms with van der Waals surface area (Å²) >= 11 is 5.76. The van der Waals surface area contributed by atoms with E-state index in [4.69, 9.17) is 22.1 Å². The summed E-state index contributed by atoms with van der Waals surface area (Å²) in [6.07, 6.45) is 0. The highest BCUT2D eigenvalue weighted by molar-refractivity contribution is 6.31. The van der Waals surface area contributed by atoms with Crippen LogP contribution in [-0.2, 0) is 11.3 Å². The van der Waals surface area contributed by atoms with Crippen LogP contribution in [0.5, 0.6) is 0 Å². The summed E-state index contributed by atoms with van der Waals surface area (Å²) < 4.78 is 18.4. The molecular formula is C9H11ClFNO. The van der Waals surface area contributed by atoms with Crippen molar-refractivity contribution in [2.45, 2.75) is 13.5 Å². The highest BCUT2D eigenvalue weighted by atomic mass is 35.5. The van der Waals surface area contributed by atoms with Crippen LogP contribution >= 0.6 is 11.6 Å². The summed E-state index contributed by atoms with van der Waals surface area (Å²) in [4.78, 5) is 0. The lowest BCUT2D eigenvalue weighted by molar-refractivity contribution is 0.131. The van der Waals surface area contributed by atoms with Crippen LogP contribution in [0.3, 0.4) is 0 Å². The molecule has 72 valence electrons. The predicted octanol–water partition coefficient (Wildman–Crippen LogP) is 2.60. The first-order valence-electron chi connectivity index (χ1n) is 3.97. The minimum Gasteiger partial charge on any atom is -0.396 e. The molecule has 0 fully saturated rings. The van der Waals surface area contributed by atoms with Gasteiger partial charge in [-0.25, -0.2) is 4.39 Å². The lowest BCUT2D eigenvalue weighted by Gasteiger charge is -2.07. The highest BCUT2D eigenvalue weighted by Gasteiger charge is 2.09. The van der Waals surface area contributed by atoms with E-state index in [1.807, 2.05) is 6.92 Å². The van der Waals surface area contributed by atoms with Gasteiger partial charge in [-0.05, 0) is 19.1 Å². The quantitative estimate of drug-likeness (QED) is 0.767. The molecule has 0 aliphatic heterocycles. The number of rotatable bonds is 3. The maximum Gasteiger partial charge on any atom is 0.153 e. The number of nitrogens with two attached hydrogens (primary N) is 1. The number of benzene rings is 1. The van der Waals surface area contributed by atoms with Gasteiger partial charge < -0.3 is 10.5 Å². The second-order valence-electron chi connectivity index (χ2n) is 2.57. The lowest BCUT2D eigenvalue weighted by atomic mass is 10.2. The first-order valence-corrected chi connectivity index (χ1v) is 4.34. The molecule has 0 saturated heterocycles. The first kappa shape index (κ1) is 10.3. The number of anilines is 1. The van der Waals surface area contributed by atoms with Crippen molar-refractivity contribution < 1.29 is 9.13 Å². The summed E-state index contributed by atoms with van der Waals surface area (Å²) in [5.41, 5.74) is 5.79. The van der Waals surface area contributed by atoms with Gasteiger partial charge in [0.05, 0.1) is 12.3 Å². The molecule has 1 rings (SSSR count). The summed E-state index contributed by atoms with van der Waals surface area (Å²) in [5, 5.41) is 0.347. The minimum atomic E-state index is -0.485. The van der Waals surface area contributed by atoms with Crippen LogP contribution in [0.4, 0.5) is 10.1 Å². The van der Waals surface area contributed by atoms with E-state index in [0.717, 1.165) is 0 Å². The second-order valence-corrected chi connectivity index (χ2v) is 2.97. The number of nitrogen functional groups attached to an aromatic ring is 1. The van der Waals surface area contributed by atoms with Gasteiger partial charge in [0.15, 0.2) is 5.82 Å². The van der Waals surface area contributed by atoms with Gasteiger partial charge in [-0.2, -0.15) is 0 Å². The van der Waals surface area contributed by atoms with Gasteiger partial charge in [-0.1, -0.05) is 11.6 Å². The molecule has 0 atom stereocenters. The molecule has 0 saturated carbocycles. The Balaban J connectivity index is 2.96. The van der Waals surface area contributed by atoms with Crippen molar-refractivity contribution in [3.63, 3.8) is 0 Å². The number of hydrogen-bond acceptors (Lipinski definition) is 2. The van der Waals surface area contributed by atoms with Crippen LogP contribution in [-0.4, -0.2) is 6.61 Å². The molecule has 0 amide bonds. The van der Waals surface area contributed by atoms with Crippen LogP contribution in [0.1, 0.15) is 12.5 Å². The number of ether oxygens (including phenoxy) is 1. The summed E-state index contributed by atoms with van der Waals surface area (Å²) in [7, 11) is 0. The largest absolute Gasteiger partial charge is 0.396 e. The van der Waals surface area contributed by atoms with E-state index in [0.29, 0.717) is 17.2 Å². The van der Waals surface area contributed by atoms with E-state index in [1.165, 1.54) is 6.07 Å². The van der Waals surface area contributed by atoms with Crippen molar-refractivity contribution in [3.8, 4) is 0 Å². The molecule has 0 aromatic heterocycles. The van der Waals surface area contributed by atoms with E-state index in [2.05, 4.69) is 0 Å². The third-order valence-electron chi connectivity index (χ3n) is 1.67. The van der Waals surface area contributed by atoms with Gasteiger partial charge in [0.2, 0.25) is 0 Å². The summed E-state index contributed by atoms with van der Waals surface area (Å²) in [6, 6.07) is 3.00. The molecule has 13 heavy (non-hydrogen) atoms. The summed E-state index contributed by atoms with van der Waals surface area (Å²) in [6.45, 7) is 2.51. The first-order chi connectivity index (χ1) is 6.16. The lowest BCUT2D eigenvalue weighted by Crippen LogP contribution is -2.00. The van der Waals surface area contributed by atoms with E-state index < -0.39 is 5.82 Å². The van der Waals surface area contributed by atoms with Gasteiger partial charge >= 0.3 is 0 Å². The molecule has 0 radical (unpaired) electrons. The van der Waals surface area contributed by atoms with Crippen molar-refractivity contribution in [2.24, 2.45) is 0 Å². The Morgan fingerprint density at radius 3 is 2.85 bits per heavy atom. The Bertz CT molecular complexity index is 304. The number of halogens is 2. The SMILES string of the molecule is CCOCc1c(Cl)ccc(N)c1F. The smallest absolute Gasteiger partial charge is 0.153 e. The van der Waals surface area contributed by atoms with Crippen molar-refractivity contribution in [1.82, 2.24) is 0 Å². The van der Waals surface area contributed by atoms with Gasteiger partial charge in [0, 0.05) is 17.2 Å². The summed E-state index contributed by atoms with van der Waals surface area (Å²) in [5.74, 6) is -0.485. The van der Waals surface area contributed by atoms with Gasteiger partial charge in [0.1, 0.15) is 0 Å². The minimum absolute atomic E-state index is 0.0964. The molecule has 0 aliphatic rings. The fraction of sp³-hybridized carbons (Fsp3) is 0.333. The fourth-order valence-electron chi connectivity index (χ4n) is 0.952. The maximum atomic E-state index is 13.3. The molecular weight excluding hydrogens is 193 g/mol. The van der Waals surface area contributed by atoms with E-state index in [1.54, 1.807) is 6.07 Å². The average molecular weight is 204 g/mol. The molecule has 0 heterocycles. The third-order valence-corrected chi connectivity index (χ3v) is 2.02. The topological polar surface area (TPSA) is 35.2 Å². The predicted molar refractivity (Wildman–Crippen MR) is 51.2 cm³/mol. The van der Waals surface area contributed by atoms with Crippen LogP contribution in [0.2, 0.25) is 5.02 Å². The molecule has 0 unspecified atom stereocenters. The Hall–Kier alpha value is -0.800. The monoisotopic (exact) mass is 203 g/mol. The zero-order valence-electron chi connectivity index (χ0n) is 7.31. The highest BCUT2D eigenvalue weighted by Crippen LogP contribution is 2.24. The Morgan fingerprint density at radius 2 is 2.23 bits per heavy atom. The van der Waals surface area contributed by atoms with E-state index in [9.17, 15) is 4.39 Å². The second kappa shape index (κ2) is 4.44. The molecule has 4 heteroatoms. The van der Waals surface area contributed by atoms with Gasteiger partial charge in [-0.3, -0.25) is 0 Å². The molecule has 0 spiro atoms. The zero-order chi connectivity index (χ0) is 9.84. The van der Waals surface area contributed by atoms with Crippen LogP contribution in [0, 0.1) is 5.82 Å².